The summed E-state index contributed by atoms with van der Waals surface area (Å²) >= 11 is 0. The second-order valence-electron chi connectivity index (χ2n) is 2.57. The number of ether oxygens (including phenoxy) is 1. The number of nitrogens with zero attached hydrogens (tertiary/aromatic N) is 2. The Morgan fingerprint density at radius 1 is 1.27 bits per heavy atom. The van der Waals surface area contributed by atoms with Crippen LogP contribution in [0.2, 0.25) is 0 Å². The van der Waals surface area contributed by atoms with Crippen LogP contribution < -0.4 is 5.43 Å². The van der Waals surface area contributed by atoms with Crippen LogP contribution in [0.15, 0.2) is 17.1 Å². The third-order valence-electron chi connectivity index (χ3n) is 1.49. The molecule has 1 rings (SSSR count). The Balaban J connectivity index is 2.83. The molecule has 0 atom stereocenters. The first kappa shape index (κ1) is 11.7. The van der Waals surface area contributed by atoms with Crippen molar-refractivity contribution in [2.75, 3.05) is 6.61 Å². The molecule has 0 spiro atoms. The molecule has 3 nitrogen and oxygen atoms in total. The van der Waals surface area contributed by atoms with Crippen molar-refractivity contribution < 1.29 is 26.7 Å². The molecule has 0 amide bonds. The average Bonchev–Trinajstić information content (AvgIpc) is 2.51. The lowest BCUT2D eigenvalue weighted by atomic mass is 10.2. The largest absolute Gasteiger partial charge is 0.477 e. The van der Waals surface area contributed by atoms with Gasteiger partial charge in [-0.1, -0.05) is 0 Å². The van der Waals surface area contributed by atoms with Crippen molar-refractivity contribution in [2.24, 2.45) is 5.10 Å². The van der Waals surface area contributed by atoms with Crippen LogP contribution in [-0.2, 0) is 4.74 Å². The number of alkyl halides is 5. The summed E-state index contributed by atoms with van der Waals surface area (Å²) in [4.78, 5) is 0. The minimum absolute atomic E-state index is 0.107. The molecule has 0 saturated carbocycles. The topological polar surface area (TPSA) is 35.7 Å². The van der Waals surface area contributed by atoms with Gasteiger partial charge in [-0.2, -0.15) is 22.0 Å². The van der Waals surface area contributed by atoms with E-state index in [1.165, 1.54) is 6.92 Å². The molecule has 0 aromatic carbocycles. The Labute approximate surface area is 81.6 Å². The zero-order valence-electron chi connectivity index (χ0n) is 7.48. The molecule has 85 valence electrons. The normalized spacial score (nSPS) is 16.9. The lowest BCUT2D eigenvalue weighted by Crippen LogP contribution is -2.42. The van der Waals surface area contributed by atoms with Gasteiger partial charge in [0.1, 0.15) is 5.71 Å². The molecule has 0 unspecified atom stereocenters. The highest BCUT2D eigenvalue weighted by Gasteiger charge is 2.61. The molecular formula is C7H6F5N2O. The Kier molecular flexibility index (Phi) is 2.87. The van der Waals surface area contributed by atoms with E-state index in [1.807, 2.05) is 0 Å². The Morgan fingerprint density at radius 2 is 1.87 bits per heavy atom. The van der Waals surface area contributed by atoms with Gasteiger partial charge in [-0.3, -0.25) is 0 Å². The van der Waals surface area contributed by atoms with E-state index in [-0.39, 0.29) is 12.5 Å². The van der Waals surface area contributed by atoms with Gasteiger partial charge in [-0.25, -0.2) is 0 Å². The van der Waals surface area contributed by atoms with Crippen LogP contribution in [0.4, 0.5) is 22.0 Å². The summed E-state index contributed by atoms with van der Waals surface area (Å²) in [7, 11) is 0. The van der Waals surface area contributed by atoms with Gasteiger partial charge in [0.2, 0.25) is 5.88 Å². The van der Waals surface area contributed by atoms with E-state index in [0.717, 1.165) is 0 Å². The van der Waals surface area contributed by atoms with Gasteiger partial charge in [0.25, 0.3) is 0 Å². The maximum atomic E-state index is 12.6. The van der Waals surface area contributed by atoms with Crippen molar-refractivity contribution in [3.63, 3.8) is 0 Å². The monoisotopic (exact) mass is 229 g/mol. The summed E-state index contributed by atoms with van der Waals surface area (Å²) in [6.07, 6.45) is -5.21. The first-order valence-electron chi connectivity index (χ1n) is 3.87. The van der Waals surface area contributed by atoms with E-state index in [1.54, 1.807) is 0 Å². The van der Waals surface area contributed by atoms with Gasteiger partial charge in [0.15, 0.2) is 0 Å². The van der Waals surface area contributed by atoms with Crippen molar-refractivity contribution >= 4 is 5.71 Å². The third-order valence-corrected chi connectivity index (χ3v) is 1.49. The third kappa shape index (κ3) is 2.18. The van der Waals surface area contributed by atoms with E-state index in [4.69, 9.17) is 0 Å². The van der Waals surface area contributed by atoms with E-state index in [9.17, 15) is 22.0 Å². The molecule has 0 bridgehead atoms. The van der Waals surface area contributed by atoms with Crippen molar-refractivity contribution in [3.05, 3.63) is 12.0 Å². The lowest BCUT2D eigenvalue weighted by Gasteiger charge is -2.17. The maximum absolute atomic E-state index is 12.6. The summed E-state index contributed by atoms with van der Waals surface area (Å²) in [6.45, 7) is 1.64. The number of hydrogen-bond donors (Lipinski definition) is 0. The summed E-state index contributed by atoms with van der Waals surface area (Å²) in [5.41, 5.74) is 1.57. The Hall–Kier alpha value is -1.34. The molecule has 1 aliphatic heterocycles. The first-order chi connectivity index (χ1) is 6.79. The van der Waals surface area contributed by atoms with Crippen molar-refractivity contribution in [2.45, 2.75) is 19.0 Å². The molecule has 0 fully saturated rings. The standard InChI is InChI=1S/C7H6F5N2O/c1-2-15-5-3-4(13-14-5)6(8,9)7(10,11)12/h3H,2H2,1H3. The summed E-state index contributed by atoms with van der Waals surface area (Å²) in [5.74, 6) is -5.36. The van der Waals surface area contributed by atoms with Gasteiger partial charge >= 0.3 is 12.1 Å². The minimum Gasteiger partial charge on any atom is -0.477 e. The van der Waals surface area contributed by atoms with Crippen LogP contribution in [0.5, 0.6) is 0 Å². The quantitative estimate of drug-likeness (QED) is 0.682. The fraction of sp³-hybridized carbons (Fsp3) is 0.571. The van der Waals surface area contributed by atoms with E-state index in [2.05, 4.69) is 15.3 Å². The minimum atomic E-state index is -5.68. The molecule has 8 heteroatoms. The lowest BCUT2D eigenvalue weighted by molar-refractivity contribution is -0.248. The Bertz CT molecular complexity index is 307. The van der Waals surface area contributed by atoms with E-state index in [0.29, 0.717) is 6.08 Å². The van der Waals surface area contributed by atoms with E-state index >= 15 is 0 Å². The number of hydrogen-bond acceptors (Lipinski definition) is 2. The van der Waals surface area contributed by atoms with Crippen LogP contribution in [-0.4, -0.2) is 24.4 Å². The van der Waals surface area contributed by atoms with E-state index < -0.39 is 17.8 Å². The zero-order chi connectivity index (χ0) is 11.7. The Morgan fingerprint density at radius 3 is 2.33 bits per heavy atom. The smallest absolute Gasteiger partial charge is 0.459 e. The van der Waals surface area contributed by atoms with Gasteiger partial charge in [-0.05, 0) is 6.92 Å². The predicted molar refractivity (Wildman–Crippen MR) is 40.3 cm³/mol. The van der Waals surface area contributed by atoms with Crippen LogP contribution >= 0.6 is 0 Å². The predicted octanol–water partition coefficient (Wildman–Crippen LogP) is 2.04. The first-order valence-corrected chi connectivity index (χ1v) is 3.87. The fourth-order valence-corrected chi connectivity index (χ4v) is 0.795. The summed E-state index contributed by atoms with van der Waals surface area (Å²) in [6, 6.07) is 0. The van der Waals surface area contributed by atoms with Gasteiger partial charge < -0.3 is 4.74 Å². The van der Waals surface area contributed by atoms with Crippen molar-refractivity contribution in [1.29, 1.82) is 0 Å². The number of halogens is 5. The number of allylic oxidation sites excluding steroid dienone is 1. The van der Waals surface area contributed by atoms with Gasteiger partial charge in [0, 0.05) is 6.08 Å². The SMILES string of the molecule is CCOC1=CC(C(F)(F)C(F)(F)F)=N[N]1. The molecule has 0 saturated heterocycles. The molecule has 15 heavy (non-hydrogen) atoms. The number of rotatable bonds is 3. The van der Waals surface area contributed by atoms with Crippen LogP contribution in [0, 0.1) is 0 Å². The summed E-state index contributed by atoms with van der Waals surface area (Å²) < 4.78 is 65.5. The van der Waals surface area contributed by atoms with Crippen molar-refractivity contribution in [1.82, 2.24) is 5.43 Å². The summed E-state index contributed by atoms with van der Waals surface area (Å²) in [5, 5.41) is 2.73. The molecule has 1 heterocycles. The molecule has 0 N–H and O–H groups in total. The maximum Gasteiger partial charge on any atom is 0.459 e. The molecule has 1 aliphatic rings. The fourth-order valence-electron chi connectivity index (χ4n) is 0.795. The second-order valence-corrected chi connectivity index (χ2v) is 2.57. The average molecular weight is 229 g/mol. The molecule has 0 aromatic rings. The highest BCUT2D eigenvalue weighted by molar-refractivity contribution is 6.02. The van der Waals surface area contributed by atoms with Crippen LogP contribution in [0.1, 0.15) is 6.92 Å². The van der Waals surface area contributed by atoms with Gasteiger partial charge in [0.05, 0.1) is 6.61 Å². The van der Waals surface area contributed by atoms with Crippen LogP contribution in [0.25, 0.3) is 0 Å². The van der Waals surface area contributed by atoms with Crippen molar-refractivity contribution in [3.8, 4) is 0 Å². The molecule has 0 aromatic heterocycles. The zero-order valence-corrected chi connectivity index (χ0v) is 7.48. The molecular weight excluding hydrogens is 223 g/mol. The van der Waals surface area contributed by atoms with Crippen LogP contribution in [0.3, 0.4) is 0 Å². The van der Waals surface area contributed by atoms with Gasteiger partial charge in [-0.15, -0.1) is 10.5 Å². The highest BCUT2D eigenvalue weighted by atomic mass is 19.4. The molecule has 0 aliphatic carbocycles. The second kappa shape index (κ2) is 3.67. The highest BCUT2D eigenvalue weighted by Crippen LogP contribution is 2.38. The molecule has 1 radical (unpaired) electrons.